The molecule has 16 heteroatoms. The lowest BCUT2D eigenvalue weighted by Crippen LogP contribution is -2.21. The number of carboxylic acid groups (broad SMARTS) is 1. The van der Waals surface area contributed by atoms with E-state index in [9.17, 15) is 26.0 Å². The van der Waals surface area contributed by atoms with Crippen molar-refractivity contribution in [2.24, 2.45) is 5.73 Å². The molecular formula is C21H22F4N6O5S. The van der Waals surface area contributed by atoms with Crippen LogP contribution >= 0.6 is 0 Å². The van der Waals surface area contributed by atoms with Gasteiger partial charge in [0.05, 0.1) is 23.8 Å². The van der Waals surface area contributed by atoms with Crippen molar-refractivity contribution in [3.8, 4) is 5.75 Å². The minimum atomic E-state index is -5.08. The predicted octanol–water partition coefficient (Wildman–Crippen LogP) is 3.45. The van der Waals surface area contributed by atoms with Crippen LogP contribution in [0.25, 0.3) is 0 Å². The number of para-hydroxylation sites is 2. The molecule has 0 aliphatic carbocycles. The molecule has 0 radical (unpaired) electrons. The molecule has 37 heavy (non-hydrogen) atoms. The van der Waals surface area contributed by atoms with E-state index in [0.717, 1.165) is 12.5 Å². The molecular weight excluding hydrogens is 524 g/mol. The molecule has 0 aliphatic heterocycles. The summed E-state index contributed by atoms with van der Waals surface area (Å²) in [5, 5.41) is 12.9. The van der Waals surface area contributed by atoms with Crippen LogP contribution in [0.2, 0.25) is 0 Å². The summed E-state index contributed by atoms with van der Waals surface area (Å²) in [6, 6.07) is 13.6. The highest BCUT2D eigenvalue weighted by atomic mass is 32.2. The minimum absolute atomic E-state index is 0.120. The molecule has 0 fully saturated rings. The maximum atomic E-state index is 14.3. The number of alkyl halides is 3. The van der Waals surface area contributed by atoms with E-state index < -0.39 is 28.0 Å². The zero-order valence-electron chi connectivity index (χ0n) is 19.1. The smallest absolute Gasteiger partial charge is 0.490 e. The quantitative estimate of drug-likeness (QED) is 0.251. The van der Waals surface area contributed by atoms with E-state index in [4.69, 9.17) is 20.4 Å². The molecule has 0 amide bonds. The van der Waals surface area contributed by atoms with Crippen molar-refractivity contribution in [3.05, 3.63) is 60.5 Å². The van der Waals surface area contributed by atoms with Gasteiger partial charge < -0.3 is 26.2 Å². The number of aromatic nitrogens is 2. The number of nitrogens with zero attached hydrogens (tertiary/aromatic N) is 2. The minimum Gasteiger partial charge on any atom is -0.492 e. The van der Waals surface area contributed by atoms with Gasteiger partial charge in [0.1, 0.15) is 12.4 Å². The molecule has 3 aromatic rings. The number of aliphatic carboxylic acids is 1. The van der Waals surface area contributed by atoms with Crippen LogP contribution in [-0.2, 0) is 14.8 Å². The second-order valence-electron chi connectivity index (χ2n) is 7.03. The Kier molecular flexibility index (Phi) is 9.96. The predicted molar refractivity (Wildman–Crippen MR) is 128 cm³/mol. The Labute approximate surface area is 208 Å². The highest BCUT2D eigenvalue weighted by Crippen LogP contribution is 2.27. The number of anilines is 5. The van der Waals surface area contributed by atoms with Crippen LogP contribution in [0.15, 0.2) is 54.7 Å². The van der Waals surface area contributed by atoms with E-state index in [1.165, 1.54) is 0 Å². The topological polar surface area (TPSA) is 169 Å². The molecule has 3 rings (SSSR count). The summed E-state index contributed by atoms with van der Waals surface area (Å²) in [6.45, 7) is 0.773. The average Bonchev–Trinajstić information content (AvgIpc) is 2.80. The first kappa shape index (κ1) is 29.1. The maximum Gasteiger partial charge on any atom is 0.490 e. The third-order valence-corrected chi connectivity index (χ3v) is 4.53. The second kappa shape index (κ2) is 12.7. The first-order valence-electron chi connectivity index (χ1n) is 10.1. The van der Waals surface area contributed by atoms with Crippen LogP contribution < -0.4 is 25.8 Å². The third kappa shape index (κ3) is 10.1. The zero-order chi connectivity index (χ0) is 27.6. The number of halogens is 4. The number of nitrogens with two attached hydrogens (primary N) is 1. The van der Waals surface area contributed by atoms with Crippen LogP contribution in [0, 0.1) is 5.82 Å². The van der Waals surface area contributed by atoms with E-state index in [-0.39, 0.29) is 17.5 Å². The molecule has 0 unspecified atom stereocenters. The fraction of sp³-hybridized carbons (Fsp3) is 0.190. The standard InChI is InChI=1S/C19H21FN6O3S.C2HF3O2/c1-30(27,28)26-17-8-3-2-7-16(17)24-18-15(20)12-22-19(25-18)23-13-5-4-6-14(11-13)29-10-9-21;3-2(4,5)1(6)7/h2-8,11-12,26H,9-10,21H2,1H3,(H2,22,23,24,25);(H,6,7). The highest BCUT2D eigenvalue weighted by molar-refractivity contribution is 7.92. The van der Waals surface area contributed by atoms with Gasteiger partial charge in [0.2, 0.25) is 16.0 Å². The Bertz CT molecular complexity index is 1320. The van der Waals surface area contributed by atoms with Crippen molar-refractivity contribution in [3.63, 3.8) is 0 Å². The Morgan fingerprint density at radius 3 is 2.35 bits per heavy atom. The molecule has 6 N–H and O–H groups in total. The van der Waals surface area contributed by atoms with Crippen molar-refractivity contribution in [1.29, 1.82) is 0 Å². The van der Waals surface area contributed by atoms with E-state index in [2.05, 4.69) is 25.3 Å². The summed E-state index contributed by atoms with van der Waals surface area (Å²) < 4.78 is 77.0. The summed E-state index contributed by atoms with van der Waals surface area (Å²) in [5.41, 5.74) is 6.67. The molecule has 0 aliphatic rings. The fourth-order valence-electron chi connectivity index (χ4n) is 2.49. The number of carbonyl (C=O) groups is 1. The second-order valence-corrected chi connectivity index (χ2v) is 8.78. The van der Waals surface area contributed by atoms with Crippen molar-refractivity contribution in [2.75, 3.05) is 34.8 Å². The van der Waals surface area contributed by atoms with Gasteiger partial charge in [-0.1, -0.05) is 18.2 Å². The number of rotatable bonds is 9. The largest absolute Gasteiger partial charge is 0.492 e. The molecule has 0 atom stereocenters. The van der Waals surface area contributed by atoms with E-state index in [1.807, 2.05) is 0 Å². The maximum absolute atomic E-state index is 14.3. The monoisotopic (exact) mass is 546 g/mol. The fourth-order valence-corrected chi connectivity index (χ4v) is 3.07. The van der Waals surface area contributed by atoms with Gasteiger partial charge in [-0.2, -0.15) is 18.2 Å². The molecule has 0 spiro atoms. The molecule has 0 saturated heterocycles. The molecule has 2 aromatic carbocycles. The molecule has 0 saturated carbocycles. The SMILES string of the molecule is CS(=O)(=O)Nc1ccccc1Nc1nc(Nc2cccc(OCCN)c2)ncc1F.O=C(O)C(F)(F)F. The lowest BCUT2D eigenvalue weighted by atomic mass is 10.2. The normalized spacial score (nSPS) is 11.1. The van der Waals surface area contributed by atoms with Crippen LogP contribution in [0.4, 0.5) is 46.4 Å². The van der Waals surface area contributed by atoms with E-state index >= 15 is 0 Å². The molecule has 11 nitrogen and oxygen atoms in total. The number of carboxylic acids is 1. The number of ether oxygens (including phenoxy) is 1. The molecule has 1 aromatic heterocycles. The zero-order valence-corrected chi connectivity index (χ0v) is 19.9. The van der Waals surface area contributed by atoms with Gasteiger partial charge in [-0.25, -0.2) is 22.6 Å². The molecule has 200 valence electrons. The van der Waals surface area contributed by atoms with Crippen molar-refractivity contribution < 1.29 is 40.6 Å². The number of sulfonamides is 1. The van der Waals surface area contributed by atoms with Crippen LogP contribution in [-0.4, -0.2) is 55.0 Å². The van der Waals surface area contributed by atoms with Crippen molar-refractivity contribution in [1.82, 2.24) is 9.97 Å². The lowest BCUT2D eigenvalue weighted by Gasteiger charge is -2.13. The Morgan fingerprint density at radius 2 is 1.76 bits per heavy atom. The van der Waals surface area contributed by atoms with Gasteiger partial charge in [0, 0.05) is 18.3 Å². The Balaban J connectivity index is 0.000000604. The lowest BCUT2D eigenvalue weighted by molar-refractivity contribution is -0.192. The third-order valence-electron chi connectivity index (χ3n) is 3.94. The summed E-state index contributed by atoms with van der Waals surface area (Å²) in [6.07, 6.45) is -3.04. The van der Waals surface area contributed by atoms with Gasteiger partial charge in [0.15, 0.2) is 11.6 Å². The van der Waals surface area contributed by atoms with Crippen LogP contribution in [0.5, 0.6) is 5.75 Å². The van der Waals surface area contributed by atoms with Crippen molar-refractivity contribution >= 4 is 44.8 Å². The van der Waals surface area contributed by atoms with Crippen LogP contribution in [0.3, 0.4) is 0 Å². The number of hydrogen-bond acceptors (Lipinski definition) is 9. The summed E-state index contributed by atoms with van der Waals surface area (Å²) in [5.74, 6) is -2.82. The summed E-state index contributed by atoms with van der Waals surface area (Å²) in [4.78, 5) is 17.0. The molecule has 0 bridgehead atoms. The number of nitrogens with one attached hydrogen (secondary N) is 3. The van der Waals surface area contributed by atoms with E-state index in [1.54, 1.807) is 48.5 Å². The molecule has 1 heterocycles. The van der Waals surface area contributed by atoms with Gasteiger partial charge in [0.25, 0.3) is 0 Å². The van der Waals surface area contributed by atoms with Gasteiger partial charge in [-0.15, -0.1) is 0 Å². The average molecular weight is 547 g/mol. The Hall–Kier alpha value is -4.18. The van der Waals surface area contributed by atoms with Gasteiger partial charge >= 0.3 is 12.1 Å². The first-order chi connectivity index (χ1) is 17.3. The van der Waals surface area contributed by atoms with Crippen molar-refractivity contribution in [2.45, 2.75) is 6.18 Å². The van der Waals surface area contributed by atoms with Gasteiger partial charge in [-0.05, 0) is 24.3 Å². The summed E-state index contributed by atoms with van der Waals surface area (Å²) >= 11 is 0. The Morgan fingerprint density at radius 1 is 1.11 bits per heavy atom. The summed E-state index contributed by atoms with van der Waals surface area (Å²) in [7, 11) is -3.51. The van der Waals surface area contributed by atoms with Crippen LogP contribution in [0.1, 0.15) is 0 Å². The number of hydrogen-bond donors (Lipinski definition) is 5. The number of benzene rings is 2. The van der Waals surface area contributed by atoms with E-state index in [0.29, 0.717) is 30.3 Å². The first-order valence-corrected chi connectivity index (χ1v) is 12.0. The highest BCUT2D eigenvalue weighted by Gasteiger charge is 2.38. The van der Waals surface area contributed by atoms with Gasteiger partial charge in [-0.3, -0.25) is 4.72 Å².